The molecular weight excluding hydrogens is 386 g/mol. The first kappa shape index (κ1) is 21.7. The summed E-state index contributed by atoms with van der Waals surface area (Å²) in [7, 11) is 0. The van der Waals surface area contributed by atoms with Gasteiger partial charge >= 0.3 is 11.9 Å². The Morgan fingerprint density at radius 1 is 1.27 bits per heavy atom. The summed E-state index contributed by atoms with van der Waals surface area (Å²) in [6, 6.07) is 6.87. The molecule has 3 atom stereocenters. The van der Waals surface area contributed by atoms with Crippen LogP contribution in [0.5, 0.6) is 11.5 Å². The predicted molar refractivity (Wildman–Crippen MR) is 108 cm³/mol. The summed E-state index contributed by atoms with van der Waals surface area (Å²) in [6.07, 6.45) is 4.18. The van der Waals surface area contributed by atoms with Crippen LogP contribution < -0.4 is 9.47 Å². The second-order valence-corrected chi connectivity index (χ2v) is 8.21. The van der Waals surface area contributed by atoms with Gasteiger partial charge in [-0.15, -0.1) is 0 Å². The average molecular weight is 413 g/mol. The molecule has 7 nitrogen and oxygen atoms in total. The Morgan fingerprint density at radius 3 is 2.77 bits per heavy atom. The zero-order chi connectivity index (χ0) is 21.7. The van der Waals surface area contributed by atoms with E-state index in [0.717, 1.165) is 19.3 Å². The Hall–Kier alpha value is -3.01. The van der Waals surface area contributed by atoms with E-state index < -0.39 is 18.5 Å². The van der Waals surface area contributed by atoms with Crippen molar-refractivity contribution in [1.29, 1.82) is 5.26 Å². The third-order valence-electron chi connectivity index (χ3n) is 5.61. The highest BCUT2D eigenvalue weighted by Gasteiger charge is 2.33. The molecule has 7 heteroatoms. The largest absolute Gasteiger partial charge is 0.460 e. The number of carbonyl (C=O) groups excluding carboxylic acids is 2. The molecular formula is C23H27NO6. The van der Waals surface area contributed by atoms with Crippen LogP contribution in [-0.2, 0) is 19.1 Å². The van der Waals surface area contributed by atoms with Gasteiger partial charge in [0.2, 0.25) is 6.79 Å². The van der Waals surface area contributed by atoms with Crippen molar-refractivity contribution in [2.75, 3.05) is 13.4 Å². The highest BCUT2D eigenvalue weighted by Crippen LogP contribution is 2.35. The third kappa shape index (κ3) is 5.32. The molecule has 0 aromatic heterocycles. The van der Waals surface area contributed by atoms with Crippen LogP contribution in [0.4, 0.5) is 0 Å². The Bertz CT molecular complexity index is 869. The molecule has 30 heavy (non-hydrogen) atoms. The molecule has 1 saturated carbocycles. The third-order valence-corrected chi connectivity index (χ3v) is 5.61. The molecule has 2 aliphatic rings. The molecule has 160 valence electrons. The number of nitrogens with zero attached hydrogens (tertiary/aromatic N) is 1. The number of nitriles is 1. The lowest BCUT2D eigenvalue weighted by Gasteiger charge is -2.36. The monoisotopic (exact) mass is 413 g/mol. The van der Waals surface area contributed by atoms with Gasteiger partial charge in [-0.05, 0) is 54.4 Å². The molecule has 0 radical (unpaired) electrons. The molecule has 1 aromatic carbocycles. The fourth-order valence-electron chi connectivity index (χ4n) is 3.96. The Kier molecular flexibility index (Phi) is 6.99. The minimum atomic E-state index is -0.871. The van der Waals surface area contributed by atoms with Gasteiger partial charge in [0.05, 0.1) is 0 Å². The molecule has 1 heterocycles. The summed E-state index contributed by atoms with van der Waals surface area (Å²) >= 11 is 0. The van der Waals surface area contributed by atoms with Crippen molar-refractivity contribution in [3.8, 4) is 17.6 Å². The van der Waals surface area contributed by atoms with Gasteiger partial charge in [-0.1, -0.05) is 33.3 Å². The van der Waals surface area contributed by atoms with Crippen LogP contribution >= 0.6 is 0 Å². The Labute approximate surface area is 176 Å². The van der Waals surface area contributed by atoms with Crippen LogP contribution in [0.1, 0.15) is 45.6 Å². The highest BCUT2D eigenvalue weighted by molar-refractivity contribution is 5.98. The highest BCUT2D eigenvalue weighted by atomic mass is 16.7. The van der Waals surface area contributed by atoms with Crippen molar-refractivity contribution in [3.63, 3.8) is 0 Å². The summed E-state index contributed by atoms with van der Waals surface area (Å²) in [5.41, 5.74) is 0.374. The van der Waals surface area contributed by atoms with Gasteiger partial charge in [0.25, 0.3) is 0 Å². The van der Waals surface area contributed by atoms with Crippen molar-refractivity contribution < 1.29 is 28.5 Å². The fraction of sp³-hybridized carbons (Fsp3) is 0.522. The molecule has 0 amide bonds. The van der Waals surface area contributed by atoms with Gasteiger partial charge in [-0.2, -0.15) is 5.26 Å². The van der Waals surface area contributed by atoms with Crippen LogP contribution in [0, 0.1) is 29.1 Å². The first-order chi connectivity index (χ1) is 14.4. The van der Waals surface area contributed by atoms with Gasteiger partial charge in [-0.25, -0.2) is 9.59 Å². The van der Waals surface area contributed by atoms with E-state index in [1.165, 1.54) is 6.08 Å². The van der Waals surface area contributed by atoms with Crippen molar-refractivity contribution in [2.24, 2.45) is 17.8 Å². The lowest BCUT2D eigenvalue weighted by atomic mass is 9.75. The van der Waals surface area contributed by atoms with Gasteiger partial charge in [0.1, 0.15) is 17.7 Å². The summed E-state index contributed by atoms with van der Waals surface area (Å²) in [4.78, 5) is 24.5. The maximum Gasteiger partial charge on any atom is 0.349 e. The van der Waals surface area contributed by atoms with E-state index in [9.17, 15) is 14.9 Å². The van der Waals surface area contributed by atoms with E-state index >= 15 is 0 Å². The first-order valence-electron chi connectivity index (χ1n) is 10.3. The number of rotatable bonds is 6. The molecule has 1 aliphatic heterocycles. The number of fused-ring (bicyclic) bond motifs is 1. The summed E-state index contributed by atoms with van der Waals surface area (Å²) in [5, 5.41) is 9.31. The molecule has 0 N–H and O–H groups in total. The topological polar surface area (TPSA) is 94.9 Å². The molecule has 0 spiro atoms. The lowest BCUT2D eigenvalue weighted by Crippen LogP contribution is -2.36. The zero-order valence-electron chi connectivity index (χ0n) is 17.6. The van der Waals surface area contributed by atoms with E-state index in [-0.39, 0.29) is 18.5 Å². The van der Waals surface area contributed by atoms with Crippen molar-refractivity contribution in [1.82, 2.24) is 0 Å². The molecule has 0 bridgehead atoms. The zero-order valence-corrected chi connectivity index (χ0v) is 17.6. The number of benzene rings is 1. The van der Waals surface area contributed by atoms with E-state index in [0.29, 0.717) is 34.8 Å². The summed E-state index contributed by atoms with van der Waals surface area (Å²) < 4.78 is 21.2. The summed E-state index contributed by atoms with van der Waals surface area (Å²) in [6.45, 7) is 6.02. The predicted octanol–water partition coefficient (Wildman–Crippen LogP) is 3.87. The average Bonchev–Trinajstić information content (AvgIpc) is 3.18. The van der Waals surface area contributed by atoms with Crippen molar-refractivity contribution in [2.45, 2.75) is 46.1 Å². The van der Waals surface area contributed by atoms with Crippen LogP contribution in [-0.4, -0.2) is 31.4 Å². The molecule has 3 rings (SSSR count). The van der Waals surface area contributed by atoms with Crippen molar-refractivity contribution in [3.05, 3.63) is 29.3 Å². The van der Waals surface area contributed by atoms with Crippen LogP contribution in [0.25, 0.3) is 6.08 Å². The smallest absolute Gasteiger partial charge is 0.349 e. The minimum Gasteiger partial charge on any atom is -0.460 e. The SMILES string of the molecule is CC1CCC(C(C)C)C(OC(=O)COC(=O)/C(C#N)=C/c2ccc3c(c2)OCO3)C1. The van der Waals surface area contributed by atoms with Gasteiger partial charge < -0.3 is 18.9 Å². The number of esters is 2. The summed E-state index contributed by atoms with van der Waals surface area (Å²) in [5.74, 6) is 0.898. The Morgan fingerprint density at radius 2 is 2.03 bits per heavy atom. The maximum atomic E-state index is 12.3. The molecule has 1 aliphatic carbocycles. The standard InChI is InChI=1S/C23H27NO6/c1-14(2)18-6-4-15(3)8-20(18)30-22(25)12-27-23(26)17(11-24)9-16-5-7-19-21(10-16)29-13-28-19/h5,7,9-10,14-15,18,20H,4,6,8,12-13H2,1-3H3/b17-9+. The number of ether oxygens (including phenoxy) is 4. The second kappa shape index (κ2) is 9.66. The van der Waals surface area contributed by atoms with E-state index in [1.54, 1.807) is 18.2 Å². The van der Waals surface area contributed by atoms with E-state index in [1.807, 2.05) is 6.07 Å². The van der Waals surface area contributed by atoms with Gasteiger partial charge in [0.15, 0.2) is 18.1 Å². The van der Waals surface area contributed by atoms with Crippen LogP contribution in [0.3, 0.4) is 0 Å². The van der Waals surface area contributed by atoms with E-state index in [4.69, 9.17) is 18.9 Å². The Balaban J connectivity index is 1.57. The maximum absolute atomic E-state index is 12.3. The van der Waals surface area contributed by atoms with Gasteiger partial charge in [-0.3, -0.25) is 0 Å². The van der Waals surface area contributed by atoms with Gasteiger partial charge in [0, 0.05) is 0 Å². The van der Waals surface area contributed by atoms with E-state index in [2.05, 4.69) is 20.8 Å². The quantitative estimate of drug-likeness (QED) is 0.397. The second-order valence-electron chi connectivity index (χ2n) is 8.21. The molecule has 3 unspecified atom stereocenters. The number of carbonyl (C=O) groups is 2. The lowest BCUT2D eigenvalue weighted by molar-refractivity contribution is -0.165. The number of hydrogen-bond acceptors (Lipinski definition) is 7. The number of hydrogen-bond donors (Lipinski definition) is 0. The molecule has 1 fully saturated rings. The minimum absolute atomic E-state index is 0.134. The fourth-order valence-corrected chi connectivity index (χ4v) is 3.96. The molecule has 0 saturated heterocycles. The first-order valence-corrected chi connectivity index (χ1v) is 10.3. The van der Waals surface area contributed by atoms with Crippen LogP contribution in [0.15, 0.2) is 23.8 Å². The normalized spacial score (nSPS) is 23.0. The van der Waals surface area contributed by atoms with Crippen LogP contribution in [0.2, 0.25) is 0 Å². The molecule has 1 aromatic rings. The van der Waals surface area contributed by atoms with Crippen molar-refractivity contribution >= 4 is 18.0 Å².